The highest BCUT2D eigenvalue weighted by Gasteiger charge is 2.62. The van der Waals surface area contributed by atoms with Crippen LogP contribution in [0.5, 0.6) is 0 Å². The van der Waals surface area contributed by atoms with E-state index in [9.17, 15) is 9.90 Å². The molecule has 0 saturated heterocycles. The summed E-state index contributed by atoms with van der Waals surface area (Å²) in [5, 5.41) is 19.6. The molecule has 4 aliphatic carbocycles. The zero-order valence-electron chi connectivity index (χ0n) is 19.2. The molecule has 0 radical (unpaired) electrons. The van der Waals surface area contributed by atoms with E-state index in [2.05, 4.69) is 27.7 Å². The van der Waals surface area contributed by atoms with E-state index in [1.165, 1.54) is 44.9 Å². The molecule has 4 aliphatic rings. The second kappa shape index (κ2) is 7.84. The lowest BCUT2D eigenvalue weighted by molar-refractivity contribution is -0.152. The Hall–Kier alpha value is -0.570. The number of aliphatic carboxylic acids is 1. The highest BCUT2D eigenvalue weighted by atomic mass is 16.4. The third-order valence-electron chi connectivity index (χ3n) is 10.9. The molecule has 4 saturated carbocycles. The van der Waals surface area contributed by atoms with Crippen molar-refractivity contribution in [3.8, 4) is 0 Å². The maximum atomic E-state index is 11.1. The average molecular weight is 405 g/mol. The number of hydrogen-bond donors (Lipinski definition) is 2. The van der Waals surface area contributed by atoms with Crippen molar-refractivity contribution in [2.75, 3.05) is 0 Å². The Morgan fingerprint density at radius 1 is 1.00 bits per heavy atom. The molecule has 3 nitrogen and oxygen atoms in total. The van der Waals surface area contributed by atoms with Crippen LogP contribution in [0.4, 0.5) is 0 Å². The first-order chi connectivity index (χ1) is 13.7. The first-order valence-electron chi connectivity index (χ1n) is 12.6. The van der Waals surface area contributed by atoms with E-state index < -0.39 is 5.97 Å². The van der Waals surface area contributed by atoms with Gasteiger partial charge in [0, 0.05) is 6.42 Å². The van der Waals surface area contributed by atoms with Crippen molar-refractivity contribution in [2.24, 2.45) is 52.3 Å². The van der Waals surface area contributed by atoms with Gasteiger partial charge >= 0.3 is 5.97 Å². The lowest BCUT2D eigenvalue weighted by Crippen LogP contribution is -2.56. The van der Waals surface area contributed by atoms with E-state index in [4.69, 9.17) is 5.11 Å². The first kappa shape index (κ1) is 21.7. The second-order valence-electron chi connectivity index (χ2n) is 12.0. The molecule has 0 heterocycles. The van der Waals surface area contributed by atoms with E-state index in [0.717, 1.165) is 42.9 Å². The Bertz CT molecular complexity index is 617. The number of carboxylic acid groups (broad SMARTS) is 1. The van der Waals surface area contributed by atoms with Crippen molar-refractivity contribution in [1.82, 2.24) is 0 Å². The molecule has 10 atom stereocenters. The fraction of sp³-hybridized carbons (Fsp3) is 0.962. The third kappa shape index (κ3) is 3.48. The van der Waals surface area contributed by atoms with E-state index in [1.54, 1.807) is 0 Å². The minimum Gasteiger partial charge on any atom is -0.481 e. The Morgan fingerprint density at radius 3 is 2.38 bits per heavy atom. The van der Waals surface area contributed by atoms with E-state index >= 15 is 0 Å². The van der Waals surface area contributed by atoms with Crippen LogP contribution in [0.2, 0.25) is 0 Å². The van der Waals surface area contributed by atoms with Crippen molar-refractivity contribution >= 4 is 5.97 Å². The van der Waals surface area contributed by atoms with Crippen LogP contribution in [-0.4, -0.2) is 22.3 Å². The van der Waals surface area contributed by atoms with Gasteiger partial charge in [0.2, 0.25) is 0 Å². The van der Waals surface area contributed by atoms with E-state index in [0.29, 0.717) is 35.0 Å². The minimum absolute atomic E-state index is 0.0709. The highest BCUT2D eigenvalue weighted by Crippen LogP contribution is 2.69. The lowest BCUT2D eigenvalue weighted by atomic mass is 9.42. The van der Waals surface area contributed by atoms with Gasteiger partial charge in [0.05, 0.1) is 6.10 Å². The molecule has 3 heteroatoms. The SMILES string of the molecule is CC[C@H]1C[C@@H]2[C@H](CC[C@]3(C)[C@@H](C(C)CCC(=O)O)CC[C@@H]23)[C@@]2(C)CC[C@@H](O)C[C@@H]12. The normalized spacial score (nSPS) is 50.3. The maximum Gasteiger partial charge on any atom is 0.303 e. The molecular weight excluding hydrogens is 360 g/mol. The summed E-state index contributed by atoms with van der Waals surface area (Å²) in [4.78, 5) is 11.1. The van der Waals surface area contributed by atoms with Gasteiger partial charge in [-0.3, -0.25) is 4.79 Å². The summed E-state index contributed by atoms with van der Waals surface area (Å²) in [6, 6.07) is 0. The molecule has 4 fully saturated rings. The topological polar surface area (TPSA) is 57.5 Å². The molecule has 166 valence electrons. The average Bonchev–Trinajstić information content (AvgIpc) is 3.03. The Kier molecular flexibility index (Phi) is 5.86. The van der Waals surface area contributed by atoms with Crippen molar-refractivity contribution in [3.05, 3.63) is 0 Å². The molecule has 1 unspecified atom stereocenters. The molecule has 0 amide bonds. The second-order valence-corrected chi connectivity index (χ2v) is 12.0. The van der Waals surface area contributed by atoms with Crippen molar-refractivity contribution in [1.29, 1.82) is 0 Å². The van der Waals surface area contributed by atoms with Gasteiger partial charge in [-0.2, -0.15) is 0 Å². The smallest absolute Gasteiger partial charge is 0.303 e. The number of rotatable bonds is 5. The molecule has 4 rings (SSSR count). The highest BCUT2D eigenvalue weighted by molar-refractivity contribution is 5.66. The van der Waals surface area contributed by atoms with Crippen LogP contribution in [0.25, 0.3) is 0 Å². The molecule has 0 aliphatic heterocycles. The number of aliphatic hydroxyl groups excluding tert-OH is 1. The van der Waals surface area contributed by atoms with Gasteiger partial charge in [-0.1, -0.05) is 34.1 Å². The molecular formula is C26H44O3. The van der Waals surface area contributed by atoms with Crippen molar-refractivity contribution in [3.63, 3.8) is 0 Å². The summed E-state index contributed by atoms with van der Waals surface area (Å²) in [6.45, 7) is 9.86. The molecule has 0 bridgehead atoms. The van der Waals surface area contributed by atoms with E-state index in [1.807, 2.05) is 0 Å². The van der Waals surface area contributed by atoms with Gasteiger partial charge in [-0.25, -0.2) is 0 Å². The molecule has 2 N–H and O–H groups in total. The number of fused-ring (bicyclic) bond motifs is 5. The van der Waals surface area contributed by atoms with Crippen LogP contribution in [0.1, 0.15) is 98.3 Å². The zero-order chi connectivity index (χ0) is 21.0. The molecule has 29 heavy (non-hydrogen) atoms. The predicted octanol–water partition coefficient (Wildman–Crippen LogP) is 6.14. The largest absolute Gasteiger partial charge is 0.481 e. The summed E-state index contributed by atoms with van der Waals surface area (Å²) < 4.78 is 0. The summed E-state index contributed by atoms with van der Waals surface area (Å²) in [7, 11) is 0. The van der Waals surface area contributed by atoms with Gasteiger partial charge in [-0.15, -0.1) is 0 Å². The number of aliphatic hydroxyl groups is 1. The van der Waals surface area contributed by atoms with Gasteiger partial charge in [0.1, 0.15) is 0 Å². The molecule has 0 aromatic heterocycles. The first-order valence-corrected chi connectivity index (χ1v) is 12.6. The van der Waals surface area contributed by atoms with Crippen LogP contribution < -0.4 is 0 Å². The predicted molar refractivity (Wildman–Crippen MR) is 116 cm³/mol. The van der Waals surface area contributed by atoms with Crippen molar-refractivity contribution < 1.29 is 15.0 Å². The van der Waals surface area contributed by atoms with Crippen LogP contribution in [0.3, 0.4) is 0 Å². The monoisotopic (exact) mass is 404 g/mol. The van der Waals surface area contributed by atoms with Crippen LogP contribution in [0.15, 0.2) is 0 Å². The Labute approximate surface area is 178 Å². The fourth-order valence-corrected chi connectivity index (χ4v) is 9.46. The summed E-state index contributed by atoms with van der Waals surface area (Å²) in [5.74, 6) is 4.60. The third-order valence-corrected chi connectivity index (χ3v) is 10.9. The summed E-state index contributed by atoms with van der Waals surface area (Å²) in [6.07, 6.45) is 12.4. The number of carbonyl (C=O) groups is 1. The van der Waals surface area contributed by atoms with Gasteiger partial charge in [0.25, 0.3) is 0 Å². The zero-order valence-corrected chi connectivity index (χ0v) is 19.2. The number of hydrogen-bond acceptors (Lipinski definition) is 2. The van der Waals surface area contributed by atoms with Crippen LogP contribution >= 0.6 is 0 Å². The summed E-state index contributed by atoms with van der Waals surface area (Å²) in [5.41, 5.74) is 0.839. The van der Waals surface area contributed by atoms with E-state index in [-0.39, 0.29) is 6.10 Å². The lowest BCUT2D eigenvalue weighted by Gasteiger charge is -2.63. The molecule has 0 aromatic rings. The molecule has 0 aromatic carbocycles. The maximum absolute atomic E-state index is 11.1. The fourth-order valence-electron chi connectivity index (χ4n) is 9.46. The van der Waals surface area contributed by atoms with Crippen LogP contribution in [0, 0.1) is 52.3 Å². The quantitative estimate of drug-likeness (QED) is 0.578. The van der Waals surface area contributed by atoms with Crippen molar-refractivity contribution in [2.45, 2.75) is 104 Å². The summed E-state index contributed by atoms with van der Waals surface area (Å²) >= 11 is 0. The van der Waals surface area contributed by atoms with Gasteiger partial charge in [-0.05, 0) is 110 Å². The Morgan fingerprint density at radius 2 is 1.69 bits per heavy atom. The Balaban J connectivity index is 1.57. The van der Waals surface area contributed by atoms with Gasteiger partial charge in [0.15, 0.2) is 0 Å². The number of carboxylic acids is 1. The standard InChI is InChI=1S/C26H44O3/c1-5-17-14-19-21-8-7-20(16(2)6-9-24(28)29)25(21,3)13-11-22(19)26(4)12-10-18(27)15-23(17)26/h16-23,27H,5-15H2,1-4H3,(H,28,29)/t16?,17-,18+,19-,20+,21-,22-,23-,25+,26+/m0/s1. The molecule has 0 spiro atoms. The van der Waals surface area contributed by atoms with Gasteiger partial charge < -0.3 is 10.2 Å². The van der Waals surface area contributed by atoms with Crippen LogP contribution in [-0.2, 0) is 4.79 Å². The minimum atomic E-state index is -0.642.